The van der Waals surface area contributed by atoms with Gasteiger partial charge in [-0.1, -0.05) is 23.2 Å². The van der Waals surface area contributed by atoms with Crippen LogP contribution in [0.25, 0.3) is 0 Å². The normalized spacial score (nSPS) is 10.5. The van der Waals surface area contributed by atoms with Crippen LogP contribution in [-0.2, 0) is 6.54 Å². The van der Waals surface area contributed by atoms with Gasteiger partial charge in [-0.2, -0.15) is 0 Å². The number of hydrogen-bond donors (Lipinski definition) is 1. The number of nitrogens with one attached hydrogen (secondary N) is 1. The first-order valence-electron chi connectivity index (χ1n) is 7.32. The van der Waals surface area contributed by atoms with Gasteiger partial charge in [0.1, 0.15) is 0 Å². The van der Waals surface area contributed by atoms with Gasteiger partial charge >= 0.3 is 0 Å². The first-order valence-corrected chi connectivity index (χ1v) is 9.15. The Morgan fingerprint density at radius 2 is 1.74 bits per heavy atom. The Balaban J connectivity index is 2.17. The molecule has 23 heavy (non-hydrogen) atoms. The van der Waals surface area contributed by atoms with E-state index in [4.69, 9.17) is 32.7 Å². The maximum atomic E-state index is 6.03. The van der Waals surface area contributed by atoms with Crippen molar-refractivity contribution in [1.82, 2.24) is 0 Å². The van der Waals surface area contributed by atoms with E-state index in [1.54, 1.807) is 6.07 Å². The summed E-state index contributed by atoms with van der Waals surface area (Å²) in [6, 6.07) is 9.57. The molecule has 1 N–H and O–H groups in total. The van der Waals surface area contributed by atoms with Crippen LogP contribution in [0.5, 0.6) is 11.5 Å². The quantitative estimate of drug-likeness (QED) is 0.508. The Labute approximate surface area is 160 Å². The maximum Gasteiger partial charge on any atom is 0.174 e. The van der Waals surface area contributed by atoms with E-state index in [-0.39, 0.29) is 0 Å². The Hall–Kier alpha value is -0.850. The van der Waals surface area contributed by atoms with Crippen molar-refractivity contribution in [2.45, 2.75) is 20.4 Å². The maximum absolute atomic E-state index is 6.03. The molecule has 0 radical (unpaired) electrons. The molecule has 124 valence electrons. The number of benzene rings is 2. The predicted octanol–water partition coefficient (Wildman–Crippen LogP) is 6.01. The largest absolute Gasteiger partial charge is 0.490 e. The molecule has 0 atom stereocenters. The highest BCUT2D eigenvalue weighted by atomic mass is 127. The second-order valence-corrected chi connectivity index (χ2v) is 6.73. The lowest BCUT2D eigenvalue weighted by Crippen LogP contribution is -2.04. The molecule has 2 rings (SSSR count). The molecule has 0 spiro atoms. The molecule has 0 aliphatic carbocycles. The van der Waals surface area contributed by atoms with Crippen molar-refractivity contribution >= 4 is 51.5 Å². The van der Waals surface area contributed by atoms with Gasteiger partial charge in [-0.15, -0.1) is 0 Å². The minimum atomic E-state index is 0.535. The van der Waals surface area contributed by atoms with E-state index in [2.05, 4.69) is 34.0 Å². The van der Waals surface area contributed by atoms with Crippen molar-refractivity contribution in [1.29, 1.82) is 0 Å². The second kappa shape index (κ2) is 8.85. The van der Waals surface area contributed by atoms with Gasteiger partial charge in [-0.3, -0.25) is 0 Å². The molecular formula is C17H18Cl2INO2. The molecule has 3 nitrogen and oxygen atoms in total. The van der Waals surface area contributed by atoms with Crippen molar-refractivity contribution in [3.8, 4) is 11.5 Å². The van der Waals surface area contributed by atoms with Gasteiger partial charge in [-0.05, 0) is 72.3 Å². The van der Waals surface area contributed by atoms with Crippen molar-refractivity contribution < 1.29 is 9.47 Å². The van der Waals surface area contributed by atoms with E-state index >= 15 is 0 Å². The summed E-state index contributed by atoms with van der Waals surface area (Å²) in [5, 5.41) is 4.42. The molecular weight excluding hydrogens is 448 g/mol. The lowest BCUT2D eigenvalue weighted by Gasteiger charge is -2.15. The Morgan fingerprint density at radius 1 is 1.00 bits per heavy atom. The molecule has 0 amide bonds. The van der Waals surface area contributed by atoms with Crippen LogP contribution in [0.4, 0.5) is 5.69 Å². The van der Waals surface area contributed by atoms with E-state index in [9.17, 15) is 0 Å². The number of ether oxygens (including phenoxy) is 2. The molecule has 2 aromatic rings. The standard InChI is InChI=1S/C17H18Cl2INO2/c1-3-22-16-8-11(7-15(20)17(16)23-4-2)10-21-12-5-6-13(18)14(19)9-12/h5-9,21H,3-4,10H2,1-2H3. The molecule has 0 saturated heterocycles. The predicted molar refractivity (Wildman–Crippen MR) is 105 cm³/mol. The molecule has 0 fully saturated rings. The lowest BCUT2D eigenvalue weighted by molar-refractivity contribution is 0.286. The first-order chi connectivity index (χ1) is 11.0. The third-order valence-electron chi connectivity index (χ3n) is 3.07. The summed E-state index contributed by atoms with van der Waals surface area (Å²) in [6.45, 7) is 5.78. The van der Waals surface area contributed by atoms with Gasteiger partial charge in [-0.25, -0.2) is 0 Å². The highest BCUT2D eigenvalue weighted by molar-refractivity contribution is 14.1. The molecule has 0 saturated carbocycles. The van der Waals surface area contributed by atoms with Crippen LogP contribution in [0.1, 0.15) is 19.4 Å². The molecule has 6 heteroatoms. The Kier molecular flexibility index (Phi) is 7.11. The van der Waals surface area contributed by atoms with Crippen molar-refractivity contribution in [2.24, 2.45) is 0 Å². The third kappa shape index (κ3) is 5.06. The third-order valence-corrected chi connectivity index (χ3v) is 4.61. The van der Waals surface area contributed by atoms with E-state index < -0.39 is 0 Å². The lowest BCUT2D eigenvalue weighted by atomic mass is 10.2. The van der Waals surface area contributed by atoms with Gasteiger partial charge < -0.3 is 14.8 Å². The second-order valence-electron chi connectivity index (χ2n) is 4.75. The minimum Gasteiger partial charge on any atom is -0.490 e. The average Bonchev–Trinajstić information content (AvgIpc) is 2.52. The highest BCUT2D eigenvalue weighted by Gasteiger charge is 2.12. The summed E-state index contributed by atoms with van der Waals surface area (Å²) >= 11 is 14.2. The zero-order chi connectivity index (χ0) is 16.8. The number of anilines is 1. The van der Waals surface area contributed by atoms with Crippen LogP contribution in [0.15, 0.2) is 30.3 Å². The number of rotatable bonds is 7. The summed E-state index contributed by atoms with van der Waals surface area (Å²) in [7, 11) is 0. The summed E-state index contributed by atoms with van der Waals surface area (Å²) in [5.41, 5.74) is 2.02. The Bertz CT molecular complexity index is 680. The SMILES string of the molecule is CCOc1cc(CNc2ccc(Cl)c(Cl)c2)cc(I)c1OCC. The van der Waals surface area contributed by atoms with E-state index in [0.29, 0.717) is 29.8 Å². The smallest absolute Gasteiger partial charge is 0.174 e. The van der Waals surface area contributed by atoms with Crippen LogP contribution >= 0.6 is 45.8 Å². The van der Waals surface area contributed by atoms with E-state index in [1.807, 2.05) is 32.0 Å². The van der Waals surface area contributed by atoms with E-state index in [0.717, 1.165) is 26.3 Å². The van der Waals surface area contributed by atoms with Crippen LogP contribution in [0.3, 0.4) is 0 Å². The molecule has 2 aromatic carbocycles. The molecule has 0 aromatic heterocycles. The highest BCUT2D eigenvalue weighted by Crippen LogP contribution is 2.34. The van der Waals surface area contributed by atoms with Crippen LogP contribution < -0.4 is 14.8 Å². The van der Waals surface area contributed by atoms with Crippen molar-refractivity contribution in [3.05, 3.63) is 49.5 Å². The Morgan fingerprint density at radius 3 is 2.39 bits per heavy atom. The number of halogens is 3. The fraction of sp³-hybridized carbons (Fsp3) is 0.294. The van der Waals surface area contributed by atoms with Crippen LogP contribution in [0, 0.1) is 3.57 Å². The van der Waals surface area contributed by atoms with Gasteiger partial charge in [0.05, 0.1) is 26.8 Å². The van der Waals surface area contributed by atoms with Gasteiger partial charge in [0.25, 0.3) is 0 Å². The minimum absolute atomic E-state index is 0.535. The summed E-state index contributed by atoms with van der Waals surface area (Å²) in [4.78, 5) is 0. The first kappa shape index (κ1) is 18.5. The molecule has 0 bridgehead atoms. The van der Waals surface area contributed by atoms with Gasteiger partial charge in [0.2, 0.25) is 0 Å². The topological polar surface area (TPSA) is 30.5 Å². The van der Waals surface area contributed by atoms with Crippen molar-refractivity contribution in [2.75, 3.05) is 18.5 Å². The zero-order valence-corrected chi connectivity index (χ0v) is 16.6. The van der Waals surface area contributed by atoms with Crippen LogP contribution in [-0.4, -0.2) is 13.2 Å². The summed E-state index contributed by atoms with van der Waals surface area (Å²) < 4.78 is 12.4. The molecule has 0 aliphatic heterocycles. The molecule has 0 heterocycles. The monoisotopic (exact) mass is 465 g/mol. The van der Waals surface area contributed by atoms with Gasteiger partial charge in [0.15, 0.2) is 11.5 Å². The fourth-order valence-electron chi connectivity index (χ4n) is 2.08. The summed E-state index contributed by atoms with van der Waals surface area (Å²) in [6.07, 6.45) is 0. The van der Waals surface area contributed by atoms with Crippen molar-refractivity contribution in [3.63, 3.8) is 0 Å². The average molecular weight is 466 g/mol. The number of hydrogen-bond acceptors (Lipinski definition) is 3. The fourth-order valence-corrected chi connectivity index (χ4v) is 3.20. The van der Waals surface area contributed by atoms with E-state index in [1.165, 1.54) is 0 Å². The zero-order valence-electron chi connectivity index (χ0n) is 13.0. The summed E-state index contributed by atoms with van der Waals surface area (Å²) in [5.74, 6) is 1.57. The molecule has 0 aliphatic rings. The molecule has 0 unspecified atom stereocenters. The van der Waals surface area contributed by atoms with Gasteiger partial charge in [0, 0.05) is 12.2 Å². The van der Waals surface area contributed by atoms with Crippen LogP contribution in [0.2, 0.25) is 10.0 Å².